The van der Waals surface area contributed by atoms with E-state index in [1.165, 1.54) is 6.07 Å². The van der Waals surface area contributed by atoms with Gasteiger partial charge in [-0.05, 0) is 36.9 Å². The van der Waals surface area contributed by atoms with Crippen molar-refractivity contribution >= 4 is 33.0 Å². The highest BCUT2D eigenvalue weighted by molar-refractivity contribution is 7.94. The van der Waals surface area contributed by atoms with Crippen LogP contribution in [0.2, 0.25) is 0 Å². The molecule has 2 N–H and O–H groups in total. The molecule has 1 atom stereocenters. The monoisotopic (exact) mass is 338 g/mol. The van der Waals surface area contributed by atoms with Gasteiger partial charge in [-0.2, -0.15) is 0 Å². The Labute approximate surface area is 134 Å². The van der Waals surface area contributed by atoms with Crippen molar-refractivity contribution < 1.29 is 13.2 Å². The maximum absolute atomic E-state index is 12.3. The second-order valence-electron chi connectivity index (χ2n) is 4.87. The first-order valence-corrected chi connectivity index (χ1v) is 9.26. The van der Waals surface area contributed by atoms with Crippen LogP contribution in [0.3, 0.4) is 0 Å². The van der Waals surface area contributed by atoms with E-state index < -0.39 is 10.0 Å². The number of thiophene rings is 1. The zero-order valence-corrected chi connectivity index (χ0v) is 14.0. The number of hydrogen-bond acceptors (Lipinski definition) is 4. The molecule has 5 nitrogen and oxygen atoms in total. The van der Waals surface area contributed by atoms with Crippen LogP contribution >= 0.6 is 11.3 Å². The number of carbonyl (C=O) groups is 1. The van der Waals surface area contributed by atoms with E-state index >= 15 is 0 Å². The number of hydrogen-bond donors (Lipinski definition) is 2. The van der Waals surface area contributed by atoms with Gasteiger partial charge in [0.05, 0.1) is 11.3 Å². The van der Waals surface area contributed by atoms with Gasteiger partial charge in [0.1, 0.15) is 4.21 Å². The molecule has 0 radical (unpaired) electrons. The third-order valence-electron chi connectivity index (χ3n) is 3.17. The first kappa shape index (κ1) is 16.5. The molecule has 0 aliphatic heterocycles. The number of nitrogens with one attached hydrogen (secondary N) is 2. The summed E-state index contributed by atoms with van der Waals surface area (Å²) in [5.74, 6) is -0.293. The second-order valence-corrected chi connectivity index (χ2v) is 7.72. The highest BCUT2D eigenvalue weighted by Gasteiger charge is 2.19. The van der Waals surface area contributed by atoms with E-state index in [0.29, 0.717) is 5.56 Å². The molecule has 0 saturated carbocycles. The van der Waals surface area contributed by atoms with Gasteiger partial charge in [0.15, 0.2) is 0 Å². The van der Waals surface area contributed by atoms with Crippen LogP contribution < -0.4 is 10.0 Å². The van der Waals surface area contributed by atoms with E-state index in [2.05, 4.69) is 10.0 Å². The molecule has 22 heavy (non-hydrogen) atoms. The Bertz CT molecular complexity index is 740. The first-order valence-electron chi connectivity index (χ1n) is 6.90. The average molecular weight is 338 g/mol. The van der Waals surface area contributed by atoms with E-state index in [-0.39, 0.29) is 21.8 Å². The van der Waals surface area contributed by atoms with Gasteiger partial charge in [-0.25, -0.2) is 8.42 Å². The molecule has 0 aliphatic rings. The van der Waals surface area contributed by atoms with Gasteiger partial charge >= 0.3 is 0 Å². The van der Waals surface area contributed by atoms with Gasteiger partial charge in [0.2, 0.25) is 0 Å². The van der Waals surface area contributed by atoms with Crippen molar-refractivity contribution in [2.75, 3.05) is 4.72 Å². The van der Waals surface area contributed by atoms with Crippen molar-refractivity contribution in [3.63, 3.8) is 0 Å². The summed E-state index contributed by atoms with van der Waals surface area (Å²) in [4.78, 5) is 12.3. The smallest absolute Gasteiger partial charge is 0.271 e. The van der Waals surface area contributed by atoms with E-state index in [4.69, 9.17) is 0 Å². The van der Waals surface area contributed by atoms with E-state index in [0.717, 1.165) is 17.8 Å². The number of amides is 1. The highest BCUT2D eigenvalue weighted by Crippen LogP contribution is 2.22. The van der Waals surface area contributed by atoms with E-state index in [1.54, 1.807) is 35.7 Å². The average Bonchev–Trinajstić information content (AvgIpc) is 3.02. The van der Waals surface area contributed by atoms with Crippen LogP contribution in [-0.2, 0) is 10.0 Å². The summed E-state index contributed by atoms with van der Waals surface area (Å²) in [6, 6.07) is 9.78. The van der Waals surface area contributed by atoms with Crippen LogP contribution in [0, 0.1) is 0 Å². The number of carbonyl (C=O) groups excluding carboxylic acids is 1. The van der Waals surface area contributed by atoms with Gasteiger partial charge < -0.3 is 5.32 Å². The second kappa shape index (κ2) is 6.93. The largest absolute Gasteiger partial charge is 0.350 e. The van der Waals surface area contributed by atoms with Crippen molar-refractivity contribution in [1.29, 1.82) is 0 Å². The molecular formula is C15H18N2O3S2. The Morgan fingerprint density at radius 3 is 2.59 bits per heavy atom. The molecule has 0 spiro atoms. The fourth-order valence-corrected chi connectivity index (χ4v) is 3.86. The summed E-state index contributed by atoms with van der Waals surface area (Å²) < 4.78 is 27.3. The van der Waals surface area contributed by atoms with Crippen molar-refractivity contribution in [3.05, 3.63) is 47.3 Å². The summed E-state index contributed by atoms with van der Waals surface area (Å²) in [5, 5.41) is 4.53. The van der Waals surface area contributed by atoms with E-state index in [9.17, 15) is 13.2 Å². The third kappa shape index (κ3) is 3.86. The summed E-state index contributed by atoms with van der Waals surface area (Å²) in [6.07, 6.45) is 0.800. The zero-order valence-electron chi connectivity index (χ0n) is 12.4. The van der Waals surface area contributed by atoms with Gasteiger partial charge in [0.25, 0.3) is 15.9 Å². The summed E-state index contributed by atoms with van der Waals surface area (Å²) in [6.45, 7) is 3.87. The molecule has 0 saturated heterocycles. The quantitative estimate of drug-likeness (QED) is 0.850. The number of benzene rings is 1. The molecule has 0 fully saturated rings. The minimum Gasteiger partial charge on any atom is -0.350 e. The lowest BCUT2D eigenvalue weighted by atomic mass is 10.1. The molecule has 0 aliphatic carbocycles. The summed E-state index contributed by atoms with van der Waals surface area (Å²) in [7, 11) is -3.67. The van der Waals surface area contributed by atoms with Crippen LogP contribution in [-0.4, -0.2) is 20.4 Å². The van der Waals surface area contributed by atoms with Gasteiger partial charge in [-0.3, -0.25) is 9.52 Å². The Morgan fingerprint density at radius 2 is 1.95 bits per heavy atom. The predicted molar refractivity (Wildman–Crippen MR) is 88.8 cm³/mol. The van der Waals surface area contributed by atoms with Crippen molar-refractivity contribution in [2.24, 2.45) is 0 Å². The highest BCUT2D eigenvalue weighted by atomic mass is 32.2. The Morgan fingerprint density at radius 1 is 1.23 bits per heavy atom. The van der Waals surface area contributed by atoms with E-state index in [1.807, 2.05) is 13.8 Å². The fraction of sp³-hybridized carbons (Fsp3) is 0.267. The number of rotatable bonds is 6. The van der Waals surface area contributed by atoms with Crippen LogP contribution in [0.25, 0.3) is 0 Å². The van der Waals surface area contributed by atoms with Crippen LogP contribution in [0.15, 0.2) is 46.0 Å². The lowest BCUT2D eigenvalue weighted by Gasteiger charge is -2.15. The van der Waals surface area contributed by atoms with Gasteiger partial charge in [-0.1, -0.05) is 25.1 Å². The van der Waals surface area contributed by atoms with Crippen molar-refractivity contribution in [3.8, 4) is 0 Å². The standard InChI is InChI=1S/C15H18N2O3S2/c1-3-11(2)16-15(18)12-7-4-5-8-13(12)17-22(19,20)14-9-6-10-21-14/h4-11,17H,3H2,1-2H3,(H,16,18)/t11-/m0/s1. The molecule has 118 valence electrons. The number of anilines is 1. The van der Waals surface area contributed by atoms with Crippen LogP contribution in [0.1, 0.15) is 30.6 Å². The fourth-order valence-electron chi connectivity index (χ4n) is 1.79. The SMILES string of the molecule is CC[C@H](C)NC(=O)c1ccccc1NS(=O)(=O)c1cccs1. The maximum atomic E-state index is 12.3. The topological polar surface area (TPSA) is 75.3 Å². The maximum Gasteiger partial charge on any atom is 0.271 e. The first-order chi connectivity index (χ1) is 10.4. The molecule has 7 heteroatoms. The Hall–Kier alpha value is -1.86. The molecule has 0 unspecified atom stereocenters. The predicted octanol–water partition coefficient (Wildman–Crippen LogP) is 3.08. The summed E-state index contributed by atoms with van der Waals surface area (Å²) in [5.41, 5.74) is 0.583. The number of sulfonamides is 1. The zero-order chi connectivity index (χ0) is 16.2. The normalized spacial score (nSPS) is 12.6. The van der Waals surface area contributed by atoms with Gasteiger partial charge in [-0.15, -0.1) is 11.3 Å². The lowest BCUT2D eigenvalue weighted by molar-refractivity contribution is 0.0940. The molecule has 2 aromatic rings. The molecule has 2 rings (SSSR count). The Balaban J connectivity index is 2.28. The van der Waals surface area contributed by atoms with Crippen molar-refractivity contribution in [1.82, 2.24) is 5.32 Å². The lowest BCUT2D eigenvalue weighted by Crippen LogP contribution is -2.32. The molecule has 1 aromatic heterocycles. The van der Waals surface area contributed by atoms with Crippen LogP contribution in [0.5, 0.6) is 0 Å². The number of para-hydroxylation sites is 1. The third-order valence-corrected chi connectivity index (χ3v) is 5.93. The molecule has 1 aromatic carbocycles. The molecule has 0 bridgehead atoms. The minimum atomic E-state index is -3.67. The molecular weight excluding hydrogens is 320 g/mol. The summed E-state index contributed by atoms with van der Waals surface area (Å²) >= 11 is 1.13. The molecule has 1 heterocycles. The molecule has 1 amide bonds. The van der Waals surface area contributed by atoms with Gasteiger partial charge in [0, 0.05) is 6.04 Å². The minimum absolute atomic E-state index is 0.0226. The van der Waals surface area contributed by atoms with Crippen molar-refractivity contribution in [2.45, 2.75) is 30.5 Å². The van der Waals surface area contributed by atoms with Crippen LogP contribution in [0.4, 0.5) is 5.69 Å². The Kier molecular flexibility index (Phi) is 5.20.